The molecule has 0 aromatic carbocycles. The van der Waals surface area contributed by atoms with Crippen LogP contribution in [-0.2, 0) is 30.8 Å². The lowest BCUT2D eigenvalue weighted by atomic mass is 9.88. The molecule has 2 saturated carbocycles. The number of nitrogens with zero attached hydrogens (tertiary/aromatic N) is 4. The van der Waals surface area contributed by atoms with E-state index in [1.54, 1.807) is 6.07 Å². The zero-order valence-corrected chi connectivity index (χ0v) is 30.1. The number of aryl methyl sites for hydroxylation is 2. The largest absolute Gasteiger partial charge is 0.483 e. The highest BCUT2D eigenvalue weighted by atomic mass is 32.2. The number of rotatable bonds is 5. The Morgan fingerprint density at radius 1 is 1.08 bits per heavy atom. The van der Waals surface area contributed by atoms with Crippen molar-refractivity contribution in [2.24, 2.45) is 5.92 Å². The zero-order valence-electron chi connectivity index (χ0n) is 29.3. The normalized spacial score (nSPS) is 29.8. The van der Waals surface area contributed by atoms with E-state index in [4.69, 9.17) is 14.5 Å². The first kappa shape index (κ1) is 35.2. The molecule has 4 fully saturated rings. The maximum absolute atomic E-state index is 14.5. The first-order valence-corrected chi connectivity index (χ1v) is 19.5. The third kappa shape index (κ3) is 6.44. The van der Waals surface area contributed by atoms with Crippen LogP contribution in [0.3, 0.4) is 0 Å². The van der Waals surface area contributed by atoms with Crippen LogP contribution in [0, 0.1) is 12.8 Å². The number of likely N-dealkylation sites (N-methyl/N-ethyl adjacent to an activating group) is 1. The molecule has 2 aliphatic carbocycles. The van der Waals surface area contributed by atoms with Gasteiger partial charge in [0, 0.05) is 25.1 Å². The van der Waals surface area contributed by atoms with E-state index in [0.29, 0.717) is 73.3 Å². The quantitative estimate of drug-likeness (QED) is 0.410. The van der Waals surface area contributed by atoms with Gasteiger partial charge in [-0.05, 0) is 63.9 Å². The summed E-state index contributed by atoms with van der Waals surface area (Å²) in [6.45, 7) is 1.83. The number of carbonyl (C=O) groups excluding carboxylic acids is 3. The molecule has 4 amide bonds. The predicted octanol–water partition coefficient (Wildman–Crippen LogP) is 2.82. The molecule has 3 aliphatic heterocycles. The van der Waals surface area contributed by atoms with E-state index >= 15 is 0 Å². The summed E-state index contributed by atoms with van der Waals surface area (Å²) in [5, 5.41) is 14.4. The number of fused-ring (bicyclic) bond motifs is 5. The van der Waals surface area contributed by atoms with E-state index in [1.165, 1.54) is 19.1 Å². The molecule has 2 saturated heterocycles. The summed E-state index contributed by atoms with van der Waals surface area (Å²) in [5.41, 5.74) is 0.363. The van der Waals surface area contributed by atoms with Crippen LogP contribution in [0.1, 0.15) is 88.3 Å². The summed E-state index contributed by atoms with van der Waals surface area (Å²) in [6.07, 6.45) is 5.78. The van der Waals surface area contributed by atoms with Gasteiger partial charge in [-0.3, -0.25) is 14.4 Å². The Balaban J connectivity index is 1.24. The van der Waals surface area contributed by atoms with Crippen molar-refractivity contribution in [2.45, 2.75) is 119 Å². The molecule has 2 aromatic rings. The molecule has 16 heteroatoms. The van der Waals surface area contributed by atoms with Crippen molar-refractivity contribution in [3.8, 4) is 11.6 Å². The molecular weight excluding hydrogens is 680 g/mol. The number of hydrogen-bond acceptors (Lipinski definition) is 10. The molecule has 5 atom stereocenters. The fraction of sp³-hybridized carbons (Fsp3) is 0.657. The highest BCUT2D eigenvalue weighted by molar-refractivity contribution is 7.90. The molecule has 15 nitrogen and oxygen atoms in total. The van der Waals surface area contributed by atoms with Crippen molar-refractivity contribution in [1.29, 1.82) is 0 Å². The Morgan fingerprint density at radius 3 is 2.51 bits per heavy atom. The number of amides is 4. The maximum Gasteiger partial charge on any atom is 0.405 e. The first-order valence-electron chi connectivity index (χ1n) is 18.0. The number of carboxylic acid groups (broad SMARTS) is 1. The summed E-state index contributed by atoms with van der Waals surface area (Å²) in [4.78, 5) is 65.5. The number of aromatic nitrogens is 2. The SMILES string of the molecule is COc1ccc2nc(C)c3c(c2n1)CC[C@]1(C[C@H]2C(=O)N[C@]4(C(=O)N(C)S(=O)(=O)C5CC5)C[C@@H]4CCCCCCC[C@H](NC(=O)O)C(=O)N2C1)O3. The monoisotopic (exact) mass is 726 g/mol. The van der Waals surface area contributed by atoms with Crippen molar-refractivity contribution in [3.05, 3.63) is 23.4 Å². The Kier molecular flexibility index (Phi) is 9.03. The van der Waals surface area contributed by atoms with Crippen molar-refractivity contribution in [2.75, 3.05) is 20.7 Å². The van der Waals surface area contributed by atoms with Crippen molar-refractivity contribution in [3.63, 3.8) is 0 Å². The standard InChI is InChI=1S/C35H46N6O9S/c1-20-29-23(28-24(36-20)13-14-27(38-28)49-3)15-16-34(50-29)18-26-30(42)39-35(32(44)40(2)51(47,48)22-11-12-22)17-21(35)9-7-5-4-6-8-10-25(37-33(45)46)31(43)41(26)19-34/h13-14,21-22,25-26,37H,4-12,15-19H2,1-3H3,(H,39,42)(H,45,46)/t21-,25-,26-,34+,35+/m0/s1. The van der Waals surface area contributed by atoms with Gasteiger partial charge in [0.1, 0.15) is 29.0 Å². The van der Waals surface area contributed by atoms with Crippen LogP contribution in [0.15, 0.2) is 12.1 Å². The molecule has 3 N–H and O–H groups in total. The molecule has 1 spiro atoms. The number of hydrogen-bond donors (Lipinski definition) is 3. The van der Waals surface area contributed by atoms with Gasteiger partial charge in [-0.2, -0.15) is 0 Å². The lowest BCUT2D eigenvalue weighted by molar-refractivity contribution is -0.142. The number of nitrogens with one attached hydrogen (secondary N) is 2. The topological polar surface area (TPSA) is 197 Å². The summed E-state index contributed by atoms with van der Waals surface area (Å²) < 4.78 is 39.3. The molecule has 276 valence electrons. The second kappa shape index (κ2) is 13.1. The minimum Gasteiger partial charge on any atom is -0.483 e. The number of pyridine rings is 2. The van der Waals surface area contributed by atoms with Crippen LogP contribution in [-0.4, -0.2) is 106 Å². The fourth-order valence-corrected chi connectivity index (χ4v) is 9.96. The van der Waals surface area contributed by atoms with Crippen LogP contribution in [0.5, 0.6) is 11.6 Å². The van der Waals surface area contributed by atoms with Crippen LogP contribution < -0.4 is 20.1 Å². The molecule has 0 radical (unpaired) electrons. The van der Waals surface area contributed by atoms with Gasteiger partial charge >= 0.3 is 6.09 Å². The Hall–Kier alpha value is -4.21. The fourth-order valence-electron chi connectivity index (χ4n) is 8.39. The molecule has 0 unspecified atom stereocenters. The van der Waals surface area contributed by atoms with E-state index in [1.807, 2.05) is 13.0 Å². The van der Waals surface area contributed by atoms with Crippen molar-refractivity contribution in [1.82, 2.24) is 29.8 Å². The molecule has 7 rings (SSSR count). The smallest absolute Gasteiger partial charge is 0.405 e. The Morgan fingerprint density at radius 2 is 1.80 bits per heavy atom. The van der Waals surface area contributed by atoms with Crippen molar-refractivity contribution < 1.29 is 42.2 Å². The Bertz CT molecular complexity index is 1890. The number of methoxy groups -OCH3 is 1. The predicted molar refractivity (Wildman–Crippen MR) is 184 cm³/mol. The Labute approximate surface area is 296 Å². The third-order valence-corrected chi connectivity index (χ3v) is 13.7. The second-order valence-electron chi connectivity index (χ2n) is 14.9. The van der Waals surface area contributed by atoms with Gasteiger partial charge in [-0.15, -0.1) is 0 Å². The van der Waals surface area contributed by atoms with Crippen LogP contribution in [0.2, 0.25) is 0 Å². The minimum atomic E-state index is -3.86. The summed E-state index contributed by atoms with van der Waals surface area (Å²) in [5.74, 6) is -1.09. The lowest BCUT2D eigenvalue weighted by Gasteiger charge is -2.36. The average Bonchev–Trinajstić information content (AvgIpc) is 4.03. The first-order chi connectivity index (χ1) is 24.3. The van der Waals surface area contributed by atoms with E-state index < -0.39 is 62.3 Å². The van der Waals surface area contributed by atoms with E-state index in [2.05, 4.69) is 15.6 Å². The summed E-state index contributed by atoms with van der Waals surface area (Å²) in [7, 11) is -1.06. The summed E-state index contributed by atoms with van der Waals surface area (Å²) >= 11 is 0. The van der Waals surface area contributed by atoms with Gasteiger partial charge < -0.3 is 30.1 Å². The van der Waals surface area contributed by atoms with Crippen LogP contribution in [0.4, 0.5) is 4.79 Å². The van der Waals surface area contributed by atoms with Gasteiger partial charge in [0.2, 0.25) is 27.7 Å². The van der Waals surface area contributed by atoms with Gasteiger partial charge in [0.15, 0.2) is 0 Å². The second-order valence-corrected chi connectivity index (χ2v) is 17.2. The highest BCUT2D eigenvalue weighted by Crippen LogP contribution is 2.50. The van der Waals surface area contributed by atoms with E-state index in [-0.39, 0.29) is 25.3 Å². The third-order valence-electron chi connectivity index (χ3n) is 11.5. The molecule has 51 heavy (non-hydrogen) atoms. The van der Waals surface area contributed by atoms with Crippen LogP contribution in [0.25, 0.3) is 11.0 Å². The average molecular weight is 727 g/mol. The molecular formula is C35H46N6O9S. The lowest BCUT2D eigenvalue weighted by Crippen LogP contribution is -2.58. The van der Waals surface area contributed by atoms with E-state index in [9.17, 15) is 32.7 Å². The molecule has 2 aromatic heterocycles. The highest BCUT2D eigenvalue weighted by Gasteiger charge is 2.64. The number of ether oxygens (including phenoxy) is 2. The number of sulfonamides is 1. The molecule has 5 heterocycles. The van der Waals surface area contributed by atoms with E-state index in [0.717, 1.165) is 35.6 Å². The maximum atomic E-state index is 14.5. The van der Waals surface area contributed by atoms with Gasteiger partial charge in [-0.1, -0.05) is 32.1 Å². The molecule has 0 bridgehead atoms. The zero-order chi connectivity index (χ0) is 36.3. The van der Waals surface area contributed by atoms with Gasteiger partial charge in [-0.25, -0.2) is 27.5 Å². The van der Waals surface area contributed by atoms with Gasteiger partial charge in [0.25, 0.3) is 5.91 Å². The van der Waals surface area contributed by atoms with Gasteiger partial charge in [0.05, 0.1) is 35.6 Å². The van der Waals surface area contributed by atoms with Crippen LogP contribution >= 0.6 is 0 Å². The van der Waals surface area contributed by atoms with Crippen molar-refractivity contribution >= 4 is 44.9 Å². The number of carbonyl (C=O) groups is 4. The minimum absolute atomic E-state index is 0.00448. The summed E-state index contributed by atoms with van der Waals surface area (Å²) in [6, 6.07) is 1.38. The molecule has 5 aliphatic rings.